The maximum absolute atomic E-state index is 13.3. The standard InChI is InChI=1S/C24H26N4O3/c1-31-22-9-5-18(6-10-22)16-28(21-7-8-21)24(30)19-3-2-4-20(15-19)26-23(29)11-13-27-14-12-25-17-27/h2-6,9-10,12,14-15,17,21H,7-8,11,13,16H2,1H3,(H,26,29). The number of nitrogens with zero attached hydrogens (tertiary/aromatic N) is 3. The number of aromatic nitrogens is 2. The van der Waals surface area contributed by atoms with E-state index in [2.05, 4.69) is 10.3 Å². The molecule has 1 aromatic heterocycles. The minimum Gasteiger partial charge on any atom is -0.497 e. The molecule has 0 aliphatic heterocycles. The van der Waals surface area contributed by atoms with E-state index < -0.39 is 0 Å². The molecule has 2 amide bonds. The zero-order chi connectivity index (χ0) is 21.6. The maximum atomic E-state index is 13.3. The molecule has 2 aromatic carbocycles. The number of carbonyl (C=O) groups excluding carboxylic acids is 2. The van der Waals surface area contributed by atoms with E-state index in [1.807, 2.05) is 39.9 Å². The average molecular weight is 418 g/mol. The lowest BCUT2D eigenvalue weighted by Gasteiger charge is -2.23. The lowest BCUT2D eigenvalue weighted by atomic mass is 10.1. The monoisotopic (exact) mass is 418 g/mol. The first-order valence-corrected chi connectivity index (χ1v) is 10.4. The van der Waals surface area contributed by atoms with Gasteiger partial charge in [0.2, 0.25) is 5.91 Å². The summed E-state index contributed by atoms with van der Waals surface area (Å²) in [7, 11) is 1.64. The normalized spacial score (nSPS) is 12.9. The van der Waals surface area contributed by atoms with E-state index in [1.54, 1.807) is 43.9 Å². The first-order chi connectivity index (χ1) is 15.1. The molecule has 0 unspecified atom stereocenters. The van der Waals surface area contributed by atoms with Gasteiger partial charge in [-0.15, -0.1) is 0 Å². The van der Waals surface area contributed by atoms with Crippen molar-refractivity contribution < 1.29 is 14.3 Å². The molecule has 1 saturated carbocycles. The molecule has 160 valence electrons. The minimum atomic E-state index is -0.101. The summed E-state index contributed by atoms with van der Waals surface area (Å²) in [6.45, 7) is 1.11. The predicted octanol–water partition coefficient (Wildman–Crippen LogP) is 3.73. The molecule has 4 rings (SSSR count). The Bertz CT molecular complexity index is 1030. The van der Waals surface area contributed by atoms with E-state index in [9.17, 15) is 9.59 Å². The summed E-state index contributed by atoms with van der Waals surface area (Å²) in [5.74, 6) is 0.674. The number of hydrogen-bond donors (Lipinski definition) is 1. The Labute approximate surface area is 181 Å². The molecule has 1 aliphatic rings. The Morgan fingerprint density at radius 3 is 2.68 bits per heavy atom. The molecule has 31 heavy (non-hydrogen) atoms. The van der Waals surface area contributed by atoms with Gasteiger partial charge in [-0.05, 0) is 48.7 Å². The van der Waals surface area contributed by atoms with Crippen LogP contribution in [-0.4, -0.2) is 39.4 Å². The summed E-state index contributed by atoms with van der Waals surface area (Å²) in [5.41, 5.74) is 2.26. The second-order valence-electron chi connectivity index (χ2n) is 7.69. The zero-order valence-electron chi connectivity index (χ0n) is 17.5. The van der Waals surface area contributed by atoms with E-state index >= 15 is 0 Å². The van der Waals surface area contributed by atoms with Crippen molar-refractivity contribution in [2.45, 2.75) is 38.4 Å². The molecule has 0 atom stereocenters. The molecule has 0 spiro atoms. The van der Waals surface area contributed by atoms with Crippen LogP contribution in [0.25, 0.3) is 0 Å². The number of aryl methyl sites for hydroxylation is 1. The van der Waals surface area contributed by atoms with Gasteiger partial charge in [0.05, 0.1) is 13.4 Å². The summed E-state index contributed by atoms with van der Waals surface area (Å²) >= 11 is 0. The highest BCUT2D eigenvalue weighted by atomic mass is 16.5. The van der Waals surface area contributed by atoms with Crippen molar-refractivity contribution in [2.24, 2.45) is 0 Å². The number of benzene rings is 2. The lowest BCUT2D eigenvalue weighted by Crippen LogP contribution is -2.32. The third kappa shape index (κ3) is 5.51. The first kappa shape index (κ1) is 20.7. The highest BCUT2D eigenvalue weighted by Gasteiger charge is 2.33. The molecule has 1 N–H and O–H groups in total. The summed E-state index contributed by atoms with van der Waals surface area (Å²) in [6, 6.07) is 15.2. The topological polar surface area (TPSA) is 76.5 Å². The van der Waals surface area contributed by atoms with Crippen LogP contribution in [0.2, 0.25) is 0 Å². The summed E-state index contributed by atoms with van der Waals surface area (Å²) in [6.07, 6.45) is 7.56. The van der Waals surface area contributed by atoms with Crippen LogP contribution in [0, 0.1) is 0 Å². The Kier molecular flexibility index (Phi) is 6.31. The molecule has 7 heteroatoms. The number of methoxy groups -OCH3 is 1. The fraction of sp³-hybridized carbons (Fsp3) is 0.292. The summed E-state index contributed by atoms with van der Waals surface area (Å²) in [5, 5.41) is 2.89. The van der Waals surface area contributed by atoms with E-state index in [1.165, 1.54) is 0 Å². The lowest BCUT2D eigenvalue weighted by molar-refractivity contribution is -0.116. The second-order valence-corrected chi connectivity index (χ2v) is 7.69. The third-order valence-corrected chi connectivity index (χ3v) is 5.31. The number of hydrogen-bond acceptors (Lipinski definition) is 4. The van der Waals surface area contributed by atoms with Crippen molar-refractivity contribution in [3.8, 4) is 5.75 Å². The van der Waals surface area contributed by atoms with Crippen molar-refractivity contribution in [2.75, 3.05) is 12.4 Å². The van der Waals surface area contributed by atoms with Gasteiger partial charge < -0.3 is 19.5 Å². The molecule has 0 bridgehead atoms. The molecule has 0 radical (unpaired) electrons. The number of imidazole rings is 1. The van der Waals surface area contributed by atoms with Crippen molar-refractivity contribution >= 4 is 17.5 Å². The van der Waals surface area contributed by atoms with Gasteiger partial charge in [0.15, 0.2) is 0 Å². The third-order valence-electron chi connectivity index (χ3n) is 5.31. The highest BCUT2D eigenvalue weighted by molar-refractivity contribution is 5.97. The predicted molar refractivity (Wildman–Crippen MR) is 118 cm³/mol. The summed E-state index contributed by atoms with van der Waals surface area (Å²) in [4.78, 5) is 31.4. The van der Waals surface area contributed by atoms with Crippen LogP contribution in [-0.2, 0) is 17.9 Å². The van der Waals surface area contributed by atoms with Crippen LogP contribution in [0.1, 0.15) is 35.2 Å². The van der Waals surface area contributed by atoms with Crippen molar-refractivity contribution in [1.29, 1.82) is 0 Å². The Hall–Kier alpha value is -3.61. The van der Waals surface area contributed by atoms with E-state index in [4.69, 9.17) is 4.74 Å². The van der Waals surface area contributed by atoms with Gasteiger partial charge in [-0.1, -0.05) is 18.2 Å². The van der Waals surface area contributed by atoms with Crippen LogP contribution >= 0.6 is 0 Å². The van der Waals surface area contributed by atoms with Crippen molar-refractivity contribution in [3.63, 3.8) is 0 Å². The molecule has 3 aromatic rings. The maximum Gasteiger partial charge on any atom is 0.254 e. The molecular weight excluding hydrogens is 392 g/mol. The Balaban J connectivity index is 1.41. The van der Waals surface area contributed by atoms with E-state index in [0.29, 0.717) is 30.8 Å². The van der Waals surface area contributed by atoms with Gasteiger partial charge >= 0.3 is 0 Å². The summed E-state index contributed by atoms with van der Waals surface area (Å²) < 4.78 is 7.07. The molecular formula is C24H26N4O3. The molecule has 7 nitrogen and oxygen atoms in total. The molecule has 1 aliphatic carbocycles. The number of anilines is 1. The average Bonchev–Trinajstić information content (AvgIpc) is 3.50. The smallest absolute Gasteiger partial charge is 0.254 e. The van der Waals surface area contributed by atoms with E-state index in [-0.39, 0.29) is 17.9 Å². The SMILES string of the molecule is COc1ccc(CN(C(=O)c2cccc(NC(=O)CCn3ccnc3)c2)C2CC2)cc1. The quantitative estimate of drug-likeness (QED) is 0.575. The minimum absolute atomic E-state index is 0.0205. The molecule has 1 heterocycles. The zero-order valence-corrected chi connectivity index (χ0v) is 17.5. The Morgan fingerprint density at radius 2 is 2.00 bits per heavy atom. The van der Waals surface area contributed by atoms with Crippen LogP contribution in [0.4, 0.5) is 5.69 Å². The van der Waals surface area contributed by atoms with E-state index in [0.717, 1.165) is 24.2 Å². The van der Waals surface area contributed by atoms with Gasteiger partial charge in [-0.3, -0.25) is 9.59 Å². The fourth-order valence-electron chi connectivity index (χ4n) is 3.45. The largest absolute Gasteiger partial charge is 0.497 e. The van der Waals surface area contributed by atoms with Gasteiger partial charge in [0.1, 0.15) is 5.75 Å². The van der Waals surface area contributed by atoms with Crippen LogP contribution in [0.3, 0.4) is 0 Å². The molecule has 1 fully saturated rings. The van der Waals surface area contributed by atoms with Gasteiger partial charge in [0.25, 0.3) is 5.91 Å². The number of nitrogens with one attached hydrogen (secondary N) is 1. The number of ether oxygens (including phenoxy) is 1. The van der Waals surface area contributed by atoms with Crippen molar-refractivity contribution in [1.82, 2.24) is 14.5 Å². The first-order valence-electron chi connectivity index (χ1n) is 10.4. The van der Waals surface area contributed by atoms with Crippen molar-refractivity contribution in [3.05, 3.63) is 78.4 Å². The Morgan fingerprint density at radius 1 is 1.19 bits per heavy atom. The number of carbonyl (C=O) groups is 2. The van der Waals surface area contributed by atoms with Crippen LogP contribution < -0.4 is 10.1 Å². The highest BCUT2D eigenvalue weighted by Crippen LogP contribution is 2.30. The van der Waals surface area contributed by atoms with Gasteiger partial charge in [-0.2, -0.15) is 0 Å². The fourth-order valence-corrected chi connectivity index (χ4v) is 3.45. The number of rotatable bonds is 9. The second kappa shape index (κ2) is 9.47. The van der Waals surface area contributed by atoms with Crippen LogP contribution in [0.5, 0.6) is 5.75 Å². The van der Waals surface area contributed by atoms with Crippen LogP contribution in [0.15, 0.2) is 67.3 Å². The molecule has 0 saturated heterocycles. The van der Waals surface area contributed by atoms with Gasteiger partial charge in [0, 0.05) is 49.2 Å². The van der Waals surface area contributed by atoms with Gasteiger partial charge in [-0.25, -0.2) is 4.98 Å². The number of amides is 2.